The van der Waals surface area contributed by atoms with Crippen LogP contribution in [0.1, 0.15) is 32.3 Å². The van der Waals surface area contributed by atoms with Crippen LogP contribution in [-0.2, 0) is 6.54 Å². The number of nitrogens with zero attached hydrogens (tertiary/aromatic N) is 4. The Morgan fingerprint density at radius 2 is 1.60 bits per heavy atom. The first kappa shape index (κ1) is 25.4. The van der Waals surface area contributed by atoms with Crippen molar-refractivity contribution in [2.75, 3.05) is 65.4 Å². The van der Waals surface area contributed by atoms with Crippen LogP contribution in [0.15, 0.2) is 35.3 Å². The zero-order chi connectivity index (χ0) is 20.3. The molecule has 1 aromatic carbocycles. The van der Waals surface area contributed by atoms with E-state index in [1.165, 1.54) is 51.1 Å². The van der Waals surface area contributed by atoms with Crippen molar-refractivity contribution in [2.24, 2.45) is 4.99 Å². The van der Waals surface area contributed by atoms with Crippen molar-refractivity contribution in [3.05, 3.63) is 35.9 Å². The fourth-order valence-corrected chi connectivity index (χ4v) is 4.22. The van der Waals surface area contributed by atoms with Crippen LogP contribution in [0.3, 0.4) is 0 Å². The van der Waals surface area contributed by atoms with E-state index in [-0.39, 0.29) is 24.0 Å². The highest BCUT2D eigenvalue weighted by Crippen LogP contribution is 2.13. The van der Waals surface area contributed by atoms with Crippen molar-refractivity contribution in [3.8, 4) is 0 Å². The van der Waals surface area contributed by atoms with Crippen molar-refractivity contribution < 1.29 is 0 Å². The molecule has 0 aliphatic carbocycles. The molecule has 0 aromatic heterocycles. The number of likely N-dealkylation sites (tertiary alicyclic amines) is 1. The van der Waals surface area contributed by atoms with E-state index in [0.29, 0.717) is 6.04 Å². The molecule has 0 saturated carbocycles. The number of aliphatic imine (C=N–C) groups is 1. The summed E-state index contributed by atoms with van der Waals surface area (Å²) in [5, 5.41) is 7.11. The number of rotatable bonds is 8. The molecule has 0 radical (unpaired) electrons. The van der Waals surface area contributed by atoms with E-state index in [2.05, 4.69) is 69.5 Å². The number of guanidine groups is 1. The molecular formula is C23H41IN6. The summed E-state index contributed by atoms with van der Waals surface area (Å²) in [6, 6.07) is 11.3. The van der Waals surface area contributed by atoms with Crippen LogP contribution in [0, 0.1) is 0 Å². The molecule has 0 bridgehead atoms. The molecule has 2 heterocycles. The summed E-state index contributed by atoms with van der Waals surface area (Å²) in [7, 11) is 0. The maximum absolute atomic E-state index is 4.85. The minimum Gasteiger partial charge on any atom is -0.357 e. The zero-order valence-electron chi connectivity index (χ0n) is 18.9. The lowest BCUT2D eigenvalue weighted by Crippen LogP contribution is -2.49. The summed E-state index contributed by atoms with van der Waals surface area (Å²) in [6.45, 7) is 16.5. The number of piperidine rings is 1. The fraction of sp³-hybridized carbons (Fsp3) is 0.696. The van der Waals surface area contributed by atoms with Crippen LogP contribution in [0.25, 0.3) is 0 Å². The summed E-state index contributed by atoms with van der Waals surface area (Å²) in [4.78, 5) is 12.5. The quantitative estimate of drug-likeness (QED) is 0.309. The Kier molecular flexibility index (Phi) is 12.0. The predicted molar refractivity (Wildman–Crippen MR) is 138 cm³/mol. The smallest absolute Gasteiger partial charge is 0.191 e. The molecule has 1 aromatic rings. The molecule has 2 fully saturated rings. The summed E-state index contributed by atoms with van der Waals surface area (Å²) >= 11 is 0. The van der Waals surface area contributed by atoms with Gasteiger partial charge in [-0.2, -0.15) is 0 Å². The third kappa shape index (κ3) is 8.69. The van der Waals surface area contributed by atoms with Gasteiger partial charge in [-0.25, -0.2) is 0 Å². The molecule has 2 aliphatic rings. The first-order valence-corrected chi connectivity index (χ1v) is 11.5. The van der Waals surface area contributed by atoms with Crippen LogP contribution < -0.4 is 10.6 Å². The second-order valence-electron chi connectivity index (χ2n) is 8.22. The number of hydrogen-bond acceptors (Lipinski definition) is 4. The van der Waals surface area contributed by atoms with Crippen LogP contribution in [0.2, 0.25) is 0 Å². The van der Waals surface area contributed by atoms with Gasteiger partial charge < -0.3 is 15.5 Å². The monoisotopic (exact) mass is 528 g/mol. The Bertz CT molecular complexity index is 595. The molecule has 7 heteroatoms. The van der Waals surface area contributed by atoms with Crippen molar-refractivity contribution in [2.45, 2.75) is 39.3 Å². The first-order valence-electron chi connectivity index (χ1n) is 11.5. The number of nitrogens with one attached hydrogen (secondary N) is 2. The highest BCUT2D eigenvalue weighted by atomic mass is 127. The van der Waals surface area contributed by atoms with Gasteiger partial charge in [-0.3, -0.25) is 14.8 Å². The molecule has 170 valence electrons. The second-order valence-corrected chi connectivity index (χ2v) is 8.22. The number of likely N-dealkylation sites (N-methyl/N-ethyl adjacent to an activating group) is 1. The van der Waals surface area contributed by atoms with Gasteiger partial charge in [0.1, 0.15) is 0 Å². The lowest BCUT2D eigenvalue weighted by Gasteiger charge is -2.34. The summed E-state index contributed by atoms with van der Waals surface area (Å²) in [5.41, 5.74) is 1.41. The van der Waals surface area contributed by atoms with Crippen molar-refractivity contribution in [1.29, 1.82) is 0 Å². The lowest BCUT2D eigenvalue weighted by molar-refractivity contribution is 0.140. The van der Waals surface area contributed by atoms with Gasteiger partial charge >= 0.3 is 0 Å². The molecule has 2 N–H and O–H groups in total. The standard InChI is InChI=1S/C23H40N6.HI/c1-3-24-23(25-12-15-28-18-16-27(4-2)17-19-28)26-22-10-13-29(14-11-22)20-21-8-6-5-7-9-21;/h5-9,22H,3-4,10-20H2,1-2H3,(H2,24,25,26);1H. The average molecular weight is 529 g/mol. The van der Waals surface area contributed by atoms with Crippen LogP contribution in [0.4, 0.5) is 0 Å². The molecule has 0 atom stereocenters. The zero-order valence-corrected chi connectivity index (χ0v) is 21.2. The van der Waals surface area contributed by atoms with E-state index in [1.807, 2.05) is 0 Å². The molecule has 30 heavy (non-hydrogen) atoms. The molecular weight excluding hydrogens is 487 g/mol. The second kappa shape index (κ2) is 14.2. The maximum Gasteiger partial charge on any atom is 0.191 e. The molecule has 0 amide bonds. The Balaban J connectivity index is 0.00000320. The largest absolute Gasteiger partial charge is 0.357 e. The number of halogens is 1. The van der Waals surface area contributed by atoms with E-state index in [0.717, 1.165) is 45.2 Å². The molecule has 2 saturated heterocycles. The third-order valence-corrected chi connectivity index (χ3v) is 6.12. The Labute approximate surface area is 200 Å². The average Bonchev–Trinajstić information content (AvgIpc) is 2.76. The molecule has 0 unspecified atom stereocenters. The van der Waals surface area contributed by atoms with Crippen molar-refractivity contribution in [1.82, 2.24) is 25.3 Å². The normalized spacial score (nSPS) is 20.0. The van der Waals surface area contributed by atoms with E-state index in [4.69, 9.17) is 4.99 Å². The molecule has 3 rings (SSSR count). The molecule has 0 spiro atoms. The predicted octanol–water partition coefficient (Wildman–Crippen LogP) is 2.46. The number of piperazine rings is 1. The van der Waals surface area contributed by atoms with Gasteiger partial charge in [0.2, 0.25) is 0 Å². The number of benzene rings is 1. The van der Waals surface area contributed by atoms with Gasteiger partial charge in [0.15, 0.2) is 5.96 Å². The third-order valence-electron chi connectivity index (χ3n) is 6.12. The first-order chi connectivity index (χ1) is 14.3. The topological polar surface area (TPSA) is 46.1 Å². The minimum absolute atomic E-state index is 0. The van der Waals surface area contributed by atoms with Crippen molar-refractivity contribution in [3.63, 3.8) is 0 Å². The van der Waals surface area contributed by atoms with Crippen molar-refractivity contribution >= 4 is 29.9 Å². The van der Waals surface area contributed by atoms with E-state index in [1.54, 1.807) is 0 Å². The Hall–Kier alpha value is -0.900. The van der Waals surface area contributed by atoms with E-state index in [9.17, 15) is 0 Å². The minimum atomic E-state index is 0. The van der Waals surface area contributed by atoms with Crippen LogP contribution in [0.5, 0.6) is 0 Å². The van der Waals surface area contributed by atoms with Gasteiger partial charge in [0.05, 0.1) is 6.54 Å². The van der Waals surface area contributed by atoms with Gasteiger partial charge in [0.25, 0.3) is 0 Å². The maximum atomic E-state index is 4.85. The lowest BCUT2D eigenvalue weighted by atomic mass is 10.0. The summed E-state index contributed by atoms with van der Waals surface area (Å²) < 4.78 is 0. The summed E-state index contributed by atoms with van der Waals surface area (Å²) in [5.74, 6) is 0.987. The van der Waals surface area contributed by atoms with Gasteiger partial charge in [-0.1, -0.05) is 37.3 Å². The van der Waals surface area contributed by atoms with Gasteiger partial charge in [-0.15, -0.1) is 24.0 Å². The van der Waals surface area contributed by atoms with Gasteiger partial charge in [-0.05, 0) is 31.9 Å². The highest BCUT2D eigenvalue weighted by Gasteiger charge is 2.20. The molecule has 6 nitrogen and oxygen atoms in total. The fourth-order valence-electron chi connectivity index (χ4n) is 4.22. The molecule has 2 aliphatic heterocycles. The summed E-state index contributed by atoms with van der Waals surface area (Å²) in [6.07, 6.45) is 2.35. The SMILES string of the molecule is CCNC(=NCCN1CCN(CC)CC1)NC1CCN(Cc2ccccc2)CC1.I. The Morgan fingerprint density at radius 3 is 2.23 bits per heavy atom. The number of hydrogen-bond donors (Lipinski definition) is 2. The van der Waals surface area contributed by atoms with Crippen LogP contribution in [-0.4, -0.2) is 92.1 Å². The van der Waals surface area contributed by atoms with Gasteiger partial charge in [0, 0.05) is 64.9 Å². The van der Waals surface area contributed by atoms with E-state index >= 15 is 0 Å². The van der Waals surface area contributed by atoms with Crippen LogP contribution >= 0.6 is 24.0 Å². The highest BCUT2D eigenvalue weighted by molar-refractivity contribution is 14.0. The van der Waals surface area contributed by atoms with E-state index < -0.39 is 0 Å². The Morgan fingerprint density at radius 1 is 0.933 bits per heavy atom.